The van der Waals surface area contributed by atoms with Gasteiger partial charge in [-0.2, -0.15) is 5.10 Å². The van der Waals surface area contributed by atoms with E-state index in [1.807, 2.05) is 24.3 Å². The predicted molar refractivity (Wildman–Crippen MR) is 88.9 cm³/mol. The molecule has 1 N–H and O–H groups in total. The summed E-state index contributed by atoms with van der Waals surface area (Å²) in [6, 6.07) is 12.4. The van der Waals surface area contributed by atoms with Crippen molar-refractivity contribution in [2.45, 2.75) is 6.42 Å². The lowest BCUT2D eigenvalue weighted by Gasteiger charge is -2.03. The molecule has 0 saturated carbocycles. The molecule has 0 aliphatic carbocycles. The van der Waals surface area contributed by atoms with E-state index in [4.69, 9.17) is 27.9 Å². The van der Waals surface area contributed by atoms with Crippen molar-refractivity contribution in [3.05, 3.63) is 63.6 Å². The van der Waals surface area contributed by atoms with E-state index in [9.17, 15) is 4.79 Å². The van der Waals surface area contributed by atoms with E-state index in [0.717, 1.165) is 16.9 Å². The number of hydrogen-bond donors (Lipinski definition) is 1. The Hall–Kier alpha value is -2.04. The Labute approximate surface area is 138 Å². The third-order valence-corrected chi connectivity index (χ3v) is 3.61. The van der Waals surface area contributed by atoms with Crippen LogP contribution in [0.25, 0.3) is 0 Å². The number of hydrogen-bond acceptors (Lipinski definition) is 3. The molecule has 1 amide bonds. The molecule has 0 atom stereocenters. The molecule has 0 aliphatic rings. The summed E-state index contributed by atoms with van der Waals surface area (Å²) in [7, 11) is 1.60. The quantitative estimate of drug-likeness (QED) is 0.668. The highest BCUT2D eigenvalue weighted by Gasteiger charge is 2.02. The first kappa shape index (κ1) is 16.3. The summed E-state index contributed by atoms with van der Waals surface area (Å²) in [5.41, 5.74) is 4.09. The molecule has 0 fully saturated rings. The Morgan fingerprint density at radius 2 is 1.91 bits per heavy atom. The third-order valence-electron chi connectivity index (χ3n) is 2.87. The standard InChI is InChI=1S/C16H14Cl2N2O2/c1-22-13-5-2-11(3-6-13)9-16(21)20-19-10-12-4-7-14(17)15(18)8-12/h2-8,10H,9H2,1H3,(H,20,21)/b19-10+. The summed E-state index contributed by atoms with van der Waals surface area (Å²) < 4.78 is 5.06. The number of ether oxygens (including phenoxy) is 1. The second-order valence-electron chi connectivity index (χ2n) is 4.49. The van der Waals surface area contributed by atoms with Crippen molar-refractivity contribution in [1.82, 2.24) is 5.43 Å². The first-order valence-corrected chi connectivity index (χ1v) is 7.24. The third kappa shape index (κ3) is 4.76. The zero-order valence-corrected chi connectivity index (χ0v) is 13.4. The minimum Gasteiger partial charge on any atom is -0.497 e. The van der Waals surface area contributed by atoms with Crippen LogP contribution in [-0.4, -0.2) is 19.2 Å². The summed E-state index contributed by atoms with van der Waals surface area (Å²) in [6.07, 6.45) is 1.75. The van der Waals surface area contributed by atoms with Gasteiger partial charge in [0.25, 0.3) is 0 Å². The first-order valence-electron chi connectivity index (χ1n) is 6.48. The molecule has 0 heterocycles. The lowest BCUT2D eigenvalue weighted by molar-refractivity contribution is -0.120. The molecule has 6 heteroatoms. The van der Waals surface area contributed by atoms with Gasteiger partial charge < -0.3 is 4.74 Å². The average molecular weight is 337 g/mol. The molecule has 0 spiro atoms. The van der Waals surface area contributed by atoms with E-state index >= 15 is 0 Å². The largest absolute Gasteiger partial charge is 0.497 e. The van der Waals surface area contributed by atoms with Crippen molar-refractivity contribution in [1.29, 1.82) is 0 Å². The average Bonchev–Trinajstić information content (AvgIpc) is 2.51. The lowest BCUT2D eigenvalue weighted by atomic mass is 10.1. The van der Waals surface area contributed by atoms with Crippen LogP contribution < -0.4 is 10.2 Å². The van der Waals surface area contributed by atoms with E-state index in [1.54, 1.807) is 25.3 Å². The molecule has 0 unspecified atom stereocenters. The highest BCUT2D eigenvalue weighted by atomic mass is 35.5. The van der Waals surface area contributed by atoms with Crippen LogP contribution in [0.5, 0.6) is 5.75 Å². The van der Waals surface area contributed by atoms with E-state index < -0.39 is 0 Å². The van der Waals surface area contributed by atoms with E-state index in [0.29, 0.717) is 10.0 Å². The maximum atomic E-state index is 11.8. The molecule has 2 aromatic carbocycles. The van der Waals surface area contributed by atoms with Gasteiger partial charge in [-0.05, 0) is 35.4 Å². The van der Waals surface area contributed by atoms with Gasteiger partial charge in [-0.3, -0.25) is 4.79 Å². The highest BCUT2D eigenvalue weighted by molar-refractivity contribution is 6.42. The van der Waals surface area contributed by atoms with Gasteiger partial charge in [-0.15, -0.1) is 0 Å². The fourth-order valence-electron chi connectivity index (χ4n) is 1.74. The number of halogens is 2. The number of carbonyl (C=O) groups excluding carboxylic acids is 1. The van der Waals surface area contributed by atoms with Crippen LogP contribution in [0.15, 0.2) is 47.6 Å². The van der Waals surface area contributed by atoms with Crippen molar-refractivity contribution >= 4 is 35.3 Å². The number of carbonyl (C=O) groups is 1. The molecule has 0 bridgehead atoms. The summed E-state index contributed by atoms with van der Waals surface area (Å²) in [5, 5.41) is 4.81. The van der Waals surface area contributed by atoms with Crippen LogP contribution in [-0.2, 0) is 11.2 Å². The van der Waals surface area contributed by atoms with Gasteiger partial charge in [0.1, 0.15) is 5.75 Å². The van der Waals surface area contributed by atoms with Gasteiger partial charge >= 0.3 is 0 Å². The van der Waals surface area contributed by atoms with Crippen LogP contribution >= 0.6 is 23.2 Å². The smallest absolute Gasteiger partial charge is 0.244 e. The Kier molecular flexibility index (Phi) is 5.81. The summed E-state index contributed by atoms with van der Waals surface area (Å²) in [5.74, 6) is 0.545. The summed E-state index contributed by atoms with van der Waals surface area (Å²) in [6.45, 7) is 0. The normalized spacial score (nSPS) is 10.7. The van der Waals surface area contributed by atoms with Crippen LogP contribution in [0.4, 0.5) is 0 Å². The van der Waals surface area contributed by atoms with Gasteiger partial charge in [0.05, 0.1) is 29.8 Å². The minimum atomic E-state index is -0.207. The monoisotopic (exact) mass is 336 g/mol. The van der Waals surface area contributed by atoms with Crippen molar-refractivity contribution in [3.8, 4) is 5.75 Å². The van der Waals surface area contributed by atoms with Crippen molar-refractivity contribution < 1.29 is 9.53 Å². The molecule has 22 heavy (non-hydrogen) atoms. The van der Waals surface area contributed by atoms with Crippen LogP contribution in [0.2, 0.25) is 10.0 Å². The van der Waals surface area contributed by atoms with Crippen LogP contribution in [0.3, 0.4) is 0 Å². The SMILES string of the molecule is COc1ccc(CC(=O)N/N=C/c2ccc(Cl)c(Cl)c2)cc1. The molecule has 4 nitrogen and oxygen atoms in total. The van der Waals surface area contributed by atoms with Crippen molar-refractivity contribution in [2.24, 2.45) is 5.10 Å². The van der Waals surface area contributed by atoms with Gasteiger partial charge in [-0.25, -0.2) is 5.43 Å². The fraction of sp³-hybridized carbons (Fsp3) is 0.125. The molecule has 0 radical (unpaired) electrons. The van der Waals surface area contributed by atoms with Gasteiger partial charge in [0, 0.05) is 0 Å². The maximum absolute atomic E-state index is 11.8. The van der Waals surface area contributed by atoms with Gasteiger partial charge in [0.2, 0.25) is 5.91 Å². The topological polar surface area (TPSA) is 50.7 Å². The summed E-state index contributed by atoms with van der Waals surface area (Å²) in [4.78, 5) is 11.8. The second-order valence-corrected chi connectivity index (χ2v) is 5.31. The van der Waals surface area contributed by atoms with Gasteiger partial charge in [0.15, 0.2) is 0 Å². The number of nitrogens with one attached hydrogen (secondary N) is 1. The molecule has 2 aromatic rings. The molecule has 2 rings (SSSR count). The fourth-order valence-corrected chi connectivity index (χ4v) is 2.05. The summed E-state index contributed by atoms with van der Waals surface area (Å²) >= 11 is 11.7. The lowest BCUT2D eigenvalue weighted by Crippen LogP contribution is -2.19. The Balaban J connectivity index is 1.88. The van der Waals surface area contributed by atoms with Crippen molar-refractivity contribution in [2.75, 3.05) is 7.11 Å². The Morgan fingerprint density at radius 1 is 1.18 bits per heavy atom. The van der Waals surface area contributed by atoms with Crippen molar-refractivity contribution in [3.63, 3.8) is 0 Å². The van der Waals surface area contributed by atoms with E-state index in [-0.39, 0.29) is 12.3 Å². The van der Waals surface area contributed by atoms with E-state index in [1.165, 1.54) is 6.21 Å². The number of amides is 1. The second kappa shape index (κ2) is 7.82. The maximum Gasteiger partial charge on any atom is 0.244 e. The number of benzene rings is 2. The number of rotatable bonds is 5. The highest BCUT2D eigenvalue weighted by Crippen LogP contribution is 2.21. The Bertz CT molecular complexity index is 685. The number of nitrogens with zero attached hydrogens (tertiary/aromatic N) is 1. The zero-order valence-electron chi connectivity index (χ0n) is 11.8. The number of hydrazone groups is 1. The van der Waals surface area contributed by atoms with E-state index in [2.05, 4.69) is 10.5 Å². The van der Waals surface area contributed by atoms with Crippen LogP contribution in [0.1, 0.15) is 11.1 Å². The molecule has 114 valence electrons. The molecule has 0 aliphatic heterocycles. The number of methoxy groups -OCH3 is 1. The minimum absolute atomic E-state index is 0.207. The first-order chi connectivity index (χ1) is 10.6. The predicted octanol–water partition coefficient (Wildman–Crippen LogP) is 3.69. The zero-order chi connectivity index (χ0) is 15.9. The van der Waals surface area contributed by atoms with Crippen LogP contribution in [0, 0.1) is 0 Å². The molecular formula is C16H14Cl2N2O2. The molecule has 0 saturated heterocycles. The van der Waals surface area contributed by atoms with Gasteiger partial charge in [-0.1, -0.05) is 41.4 Å². The Morgan fingerprint density at radius 3 is 2.55 bits per heavy atom. The molecular weight excluding hydrogens is 323 g/mol. The molecule has 0 aromatic heterocycles.